The lowest BCUT2D eigenvalue weighted by atomic mass is 10.3. The maximum atomic E-state index is 13.5. The molecule has 5 heteroatoms. The van der Waals surface area contributed by atoms with Crippen LogP contribution in [0.2, 0.25) is 0 Å². The summed E-state index contributed by atoms with van der Waals surface area (Å²) >= 11 is 0. The summed E-state index contributed by atoms with van der Waals surface area (Å²) in [5, 5.41) is 6.68. The number of hydrogen-bond donors (Lipinski definition) is 2. The fourth-order valence-electron chi connectivity index (χ4n) is 2.12. The second-order valence-corrected chi connectivity index (χ2v) is 7.48. The van der Waals surface area contributed by atoms with Crippen LogP contribution in [0.1, 0.15) is 19.8 Å². The van der Waals surface area contributed by atoms with E-state index in [0.29, 0.717) is 17.2 Å². The van der Waals surface area contributed by atoms with Crippen molar-refractivity contribution in [2.24, 2.45) is 0 Å². The summed E-state index contributed by atoms with van der Waals surface area (Å²) in [6.45, 7) is 2.63. The van der Waals surface area contributed by atoms with Gasteiger partial charge >= 0.3 is 6.03 Å². The first-order valence-corrected chi connectivity index (χ1v) is 9.15. The van der Waals surface area contributed by atoms with Crippen molar-refractivity contribution in [3.05, 3.63) is 60.7 Å². The number of unbranched alkanes of at least 4 members (excludes halogenated alkanes) is 1. The van der Waals surface area contributed by atoms with E-state index in [1.54, 1.807) is 24.3 Å². The van der Waals surface area contributed by atoms with Crippen LogP contribution in [0.5, 0.6) is 0 Å². The van der Waals surface area contributed by atoms with Gasteiger partial charge in [0.2, 0.25) is 7.29 Å². The molecule has 0 bridgehead atoms. The van der Waals surface area contributed by atoms with Gasteiger partial charge in [-0.05, 0) is 30.7 Å². The highest BCUT2D eigenvalue weighted by Gasteiger charge is 2.29. The summed E-state index contributed by atoms with van der Waals surface area (Å²) in [6, 6.07) is 17.7. The molecule has 0 saturated heterocycles. The van der Waals surface area contributed by atoms with Gasteiger partial charge in [0.25, 0.3) is 0 Å². The van der Waals surface area contributed by atoms with Crippen LogP contribution in [0.15, 0.2) is 60.7 Å². The van der Waals surface area contributed by atoms with E-state index in [-0.39, 0.29) is 0 Å². The van der Waals surface area contributed by atoms with Crippen LogP contribution in [0, 0.1) is 0 Å². The molecule has 0 atom stereocenters. The topological polar surface area (TPSA) is 58.2 Å². The Morgan fingerprint density at radius 1 is 0.955 bits per heavy atom. The number of carbonyl (C=O) groups is 1. The molecule has 4 nitrogen and oxygen atoms in total. The first-order chi connectivity index (χ1) is 10.7. The number of hydrogen-bond acceptors (Lipinski definition) is 2. The standard InChI is InChI=1S/C17H21N2O2P/c1-2-3-14-18-17(20)19-22(21,15-10-6-4-7-11-15)16-12-8-5-9-13-16/h4-13H,2-3,14H2,1H3,(H2,18,19,20,21). The van der Waals surface area contributed by atoms with Crippen molar-refractivity contribution in [3.8, 4) is 0 Å². The Labute approximate surface area is 131 Å². The van der Waals surface area contributed by atoms with Gasteiger partial charge in [-0.15, -0.1) is 0 Å². The lowest BCUT2D eigenvalue weighted by molar-refractivity contribution is 0.245. The number of carbonyl (C=O) groups excluding carboxylic acids is 1. The Kier molecular flexibility index (Phi) is 5.79. The highest BCUT2D eigenvalue weighted by molar-refractivity contribution is 7.77. The van der Waals surface area contributed by atoms with Crippen LogP contribution in [0.25, 0.3) is 0 Å². The third-order valence-corrected chi connectivity index (χ3v) is 5.88. The van der Waals surface area contributed by atoms with Crippen molar-refractivity contribution in [1.29, 1.82) is 0 Å². The number of nitrogens with one attached hydrogen (secondary N) is 2. The van der Waals surface area contributed by atoms with E-state index >= 15 is 0 Å². The van der Waals surface area contributed by atoms with Gasteiger partial charge in [-0.2, -0.15) is 0 Å². The number of amides is 2. The highest BCUT2D eigenvalue weighted by Crippen LogP contribution is 2.38. The molecule has 0 aliphatic heterocycles. The quantitative estimate of drug-likeness (QED) is 0.636. The SMILES string of the molecule is CCCCNC(=O)NP(=O)(c1ccccc1)c1ccccc1. The molecule has 2 aromatic rings. The molecule has 0 heterocycles. The Balaban J connectivity index is 2.27. The zero-order chi connectivity index (χ0) is 15.8. The highest BCUT2D eigenvalue weighted by atomic mass is 31.2. The molecule has 116 valence electrons. The summed E-state index contributed by atoms with van der Waals surface area (Å²) in [5.74, 6) is 0. The van der Waals surface area contributed by atoms with Crippen LogP contribution in [0.3, 0.4) is 0 Å². The largest absolute Gasteiger partial charge is 0.338 e. The minimum atomic E-state index is -3.19. The van der Waals surface area contributed by atoms with Crippen molar-refractivity contribution in [3.63, 3.8) is 0 Å². The molecule has 0 saturated carbocycles. The molecule has 0 spiro atoms. The van der Waals surface area contributed by atoms with Crippen LogP contribution >= 0.6 is 7.29 Å². The zero-order valence-corrected chi connectivity index (χ0v) is 13.6. The van der Waals surface area contributed by atoms with Gasteiger partial charge in [0, 0.05) is 17.2 Å². The Hall–Kier alpha value is -2.06. The van der Waals surface area contributed by atoms with Crippen LogP contribution in [-0.2, 0) is 4.57 Å². The lowest BCUT2D eigenvalue weighted by Crippen LogP contribution is -2.39. The average Bonchev–Trinajstić information content (AvgIpc) is 2.56. The van der Waals surface area contributed by atoms with Gasteiger partial charge in [0.1, 0.15) is 0 Å². The molecule has 2 rings (SSSR count). The fraction of sp³-hybridized carbons (Fsp3) is 0.235. The molecule has 0 fully saturated rings. The predicted octanol–water partition coefficient (Wildman–Crippen LogP) is 3.01. The van der Waals surface area contributed by atoms with Crippen LogP contribution in [-0.4, -0.2) is 12.6 Å². The molecule has 22 heavy (non-hydrogen) atoms. The fourth-order valence-corrected chi connectivity index (χ4v) is 4.22. The summed E-state index contributed by atoms with van der Waals surface area (Å²) in [7, 11) is -3.19. The van der Waals surface area contributed by atoms with E-state index in [0.717, 1.165) is 12.8 Å². The monoisotopic (exact) mass is 316 g/mol. The minimum Gasteiger partial charge on any atom is -0.338 e. The van der Waals surface area contributed by atoms with Gasteiger partial charge in [-0.3, -0.25) is 9.65 Å². The van der Waals surface area contributed by atoms with Crippen molar-refractivity contribution in [2.45, 2.75) is 19.8 Å². The Morgan fingerprint density at radius 2 is 1.45 bits per heavy atom. The van der Waals surface area contributed by atoms with E-state index in [2.05, 4.69) is 17.3 Å². The van der Waals surface area contributed by atoms with Gasteiger partial charge < -0.3 is 5.32 Å². The van der Waals surface area contributed by atoms with Crippen LogP contribution < -0.4 is 21.0 Å². The van der Waals surface area contributed by atoms with Crippen LogP contribution in [0.4, 0.5) is 4.79 Å². The molecule has 0 aromatic heterocycles. The Morgan fingerprint density at radius 3 is 1.91 bits per heavy atom. The van der Waals surface area contributed by atoms with E-state index in [9.17, 15) is 9.36 Å². The van der Waals surface area contributed by atoms with Gasteiger partial charge in [-0.25, -0.2) is 4.79 Å². The number of benzene rings is 2. The van der Waals surface area contributed by atoms with E-state index in [1.165, 1.54) is 0 Å². The maximum Gasteiger partial charge on any atom is 0.320 e. The second kappa shape index (κ2) is 7.81. The third-order valence-electron chi connectivity index (χ3n) is 3.31. The predicted molar refractivity (Wildman–Crippen MR) is 91.2 cm³/mol. The summed E-state index contributed by atoms with van der Waals surface area (Å²) < 4.78 is 13.5. The maximum absolute atomic E-state index is 13.5. The second-order valence-electron chi connectivity index (χ2n) is 5.00. The summed E-state index contributed by atoms with van der Waals surface area (Å²) in [5.41, 5.74) is 0. The summed E-state index contributed by atoms with van der Waals surface area (Å²) in [6.07, 6.45) is 1.89. The van der Waals surface area contributed by atoms with Gasteiger partial charge in [0.05, 0.1) is 0 Å². The number of urea groups is 1. The van der Waals surface area contributed by atoms with Gasteiger partial charge in [-0.1, -0.05) is 49.7 Å². The van der Waals surface area contributed by atoms with Crippen molar-refractivity contribution >= 4 is 23.9 Å². The zero-order valence-electron chi connectivity index (χ0n) is 12.7. The van der Waals surface area contributed by atoms with Crippen molar-refractivity contribution in [1.82, 2.24) is 10.4 Å². The first-order valence-electron chi connectivity index (χ1n) is 7.44. The van der Waals surface area contributed by atoms with E-state index in [1.807, 2.05) is 36.4 Å². The van der Waals surface area contributed by atoms with E-state index < -0.39 is 13.3 Å². The number of rotatable bonds is 6. The molecular formula is C17H21N2O2P. The average molecular weight is 316 g/mol. The normalized spacial score (nSPS) is 11.0. The third kappa shape index (κ3) is 3.99. The molecule has 0 radical (unpaired) electrons. The van der Waals surface area contributed by atoms with Gasteiger partial charge in [0.15, 0.2) is 0 Å². The molecule has 2 amide bonds. The minimum absolute atomic E-state index is 0.399. The Bertz CT molecular complexity index is 601. The molecule has 0 unspecified atom stereocenters. The lowest BCUT2D eigenvalue weighted by Gasteiger charge is -2.20. The molecular weight excluding hydrogens is 295 g/mol. The summed E-state index contributed by atoms with van der Waals surface area (Å²) in [4.78, 5) is 12.1. The molecule has 2 aromatic carbocycles. The molecule has 0 aliphatic carbocycles. The molecule has 0 aliphatic rings. The van der Waals surface area contributed by atoms with Crippen molar-refractivity contribution in [2.75, 3.05) is 6.54 Å². The first kappa shape index (κ1) is 16.3. The smallest absolute Gasteiger partial charge is 0.320 e. The van der Waals surface area contributed by atoms with Crippen molar-refractivity contribution < 1.29 is 9.36 Å². The van der Waals surface area contributed by atoms with E-state index in [4.69, 9.17) is 0 Å². The molecule has 2 N–H and O–H groups in total.